The van der Waals surface area contributed by atoms with Crippen LogP contribution in [0.25, 0.3) is 0 Å². The first-order valence-electron chi connectivity index (χ1n) is 5.96. The molecule has 0 saturated carbocycles. The second kappa shape index (κ2) is 7.03. The van der Waals surface area contributed by atoms with E-state index in [-0.39, 0.29) is 0 Å². The smallest absolute Gasteiger partial charge is 0.0995 e. The summed E-state index contributed by atoms with van der Waals surface area (Å²) in [5.74, 6) is 0. The van der Waals surface area contributed by atoms with Gasteiger partial charge in [-0.05, 0) is 18.1 Å². The molecule has 1 aromatic carbocycles. The standard InChI is InChI=1S/C14H19NO/c1-2-3-4-5-10-14(16)13-9-7-6-8-12(13)11-15/h6-9,14,16H,2-5,10H2,1H3. The SMILES string of the molecule is CCCCCCC(O)c1ccccc1C#N. The maximum atomic E-state index is 9.98. The van der Waals surface area contributed by atoms with Crippen molar-refractivity contribution in [2.24, 2.45) is 0 Å². The van der Waals surface area contributed by atoms with E-state index in [0.29, 0.717) is 5.56 Å². The summed E-state index contributed by atoms with van der Waals surface area (Å²) >= 11 is 0. The fourth-order valence-corrected chi connectivity index (χ4v) is 1.81. The van der Waals surface area contributed by atoms with Gasteiger partial charge in [-0.2, -0.15) is 5.26 Å². The molecule has 1 aromatic rings. The van der Waals surface area contributed by atoms with Crippen LogP contribution >= 0.6 is 0 Å². The molecule has 0 amide bonds. The van der Waals surface area contributed by atoms with E-state index < -0.39 is 6.10 Å². The molecule has 0 bridgehead atoms. The Morgan fingerprint density at radius 2 is 2.00 bits per heavy atom. The predicted octanol–water partition coefficient (Wildman–Crippen LogP) is 3.56. The van der Waals surface area contributed by atoms with Crippen LogP contribution in [0.4, 0.5) is 0 Å². The van der Waals surface area contributed by atoms with Crippen LogP contribution in [-0.2, 0) is 0 Å². The lowest BCUT2D eigenvalue weighted by atomic mass is 9.98. The third-order valence-electron chi connectivity index (χ3n) is 2.77. The number of unbranched alkanes of at least 4 members (excludes halogenated alkanes) is 3. The average Bonchev–Trinajstić information content (AvgIpc) is 2.34. The van der Waals surface area contributed by atoms with Crippen molar-refractivity contribution in [3.05, 3.63) is 35.4 Å². The average molecular weight is 217 g/mol. The van der Waals surface area contributed by atoms with E-state index in [2.05, 4.69) is 13.0 Å². The molecule has 0 radical (unpaired) electrons. The van der Waals surface area contributed by atoms with Crippen LogP contribution in [0.2, 0.25) is 0 Å². The largest absolute Gasteiger partial charge is 0.388 e. The number of hydrogen-bond donors (Lipinski definition) is 1. The molecule has 0 aliphatic rings. The van der Waals surface area contributed by atoms with Crippen LogP contribution in [-0.4, -0.2) is 5.11 Å². The van der Waals surface area contributed by atoms with Gasteiger partial charge in [-0.25, -0.2) is 0 Å². The molecule has 0 saturated heterocycles. The lowest BCUT2D eigenvalue weighted by molar-refractivity contribution is 0.163. The number of nitrogens with zero attached hydrogens (tertiary/aromatic N) is 1. The monoisotopic (exact) mass is 217 g/mol. The fourth-order valence-electron chi connectivity index (χ4n) is 1.81. The number of hydrogen-bond acceptors (Lipinski definition) is 2. The first-order chi connectivity index (χ1) is 7.79. The Hall–Kier alpha value is -1.33. The van der Waals surface area contributed by atoms with Gasteiger partial charge in [0.15, 0.2) is 0 Å². The van der Waals surface area contributed by atoms with E-state index in [1.807, 2.05) is 18.2 Å². The number of aliphatic hydroxyl groups excluding tert-OH is 1. The maximum absolute atomic E-state index is 9.98. The van der Waals surface area contributed by atoms with Crippen molar-refractivity contribution in [3.63, 3.8) is 0 Å². The first kappa shape index (κ1) is 12.7. The Balaban J connectivity index is 2.52. The van der Waals surface area contributed by atoms with E-state index in [4.69, 9.17) is 5.26 Å². The molecule has 2 nitrogen and oxygen atoms in total. The molecule has 16 heavy (non-hydrogen) atoms. The van der Waals surface area contributed by atoms with Gasteiger partial charge in [0.25, 0.3) is 0 Å². The molecule has 0 heterocycles. The van der Waals surface area contributed by atoms with E-state index >= 15 is 0 Å². The number of benzene rings is 1. The molecular weight excluding hydrogens is 198 g/mol. The van der Waals surface area contributed by atoms with E-state index in [1.165, 1.54) is 12.8 Å². The van der Waals surface area contributed by atoms with Crippen LogP contribution in [0.5, 0.6) is 0 Å². The normalized spacial score (nSPS) is 12.1. The van der Waals surface area contributed by atoms with Crippen LogP contribution in [0, 0.1) is 11.3 Å². The van der Waals surface area contributed by atoms with Gasteiger partial charge in [0.2, 0.25) is 0 Å². The summed E-state index contributed by atoms with van der Waals surface area (Å²) in [7, 11) is 0. The fraction of sp³-hybridized carbons (Fsp3) is 0.500. The maximum Gasteiger partial charge on any atom is 0.0995 e. The van der Waals surface area contributed by atoms with Crippen molar-refractivity contribution in [2.45, 2.75) is 45.1 Å². The van der Waals surface area contributed by atoms with Crippen LogP contribution in [0.15, 0.2) is 24.3 Å². The van der Waals surface area contributed by atoms with Crippen molar-refractivity contribution >= 4 is 0 Å². The summed E-state index contributed by atoms with van der Waals surface area (Å²) in [5.41, 5.74) is 1.35. The quantitative estimate of drug-likeness (QED) is 0.740. The Bertz CT molecular complexity index is 354. The second-order valence-electron chi connectivity index (χ2n) is 4.06. The van der Waals surface area contributed by atoms with Crippen molar-refractivity contribution in [2.75, 3.05) is 0 Å². The van der Waals surface area contributed by atoms with Gasteiger partial charge in [0.1, 0.15) is 0 Å². The lowest BCUT2D eigenvalue weighted by Crippen LogP contribution is -2.00. The molecule has 1 atom stereocenters. The van der Waals surface area contributed by atoms with Gasteiger partial charge in [-0.15, -0.1) is 0 Å². The Morgan fingerprint density at radius 3 is 2.69 bits per heavy atom. The molecule has 0 aliphatic carbocycles. The van der Waals surface area contributed by atoms with Crippen molar-refractivity contribution in [1.29, 1.82) is 5.26 Å². The zero-order valence-corrected chi connectivity index (χ0v) is 9.82. The van der Waals surface area contributed by atoms with Gasteiger partial charge in [0, 0.05) is 0 Å². The van der Waals surface area contributed by atoms with E-state index in [1.54, 1.807) is 6.07 Å². The summed E-state index contributed by atoms with van der Waals surface area (Å²) in [6, 6.07) is 9.40. The van der Waals surface area contributed by atoms with Gasteiger partial charge in [-0.1, -0.05) is 50.8 Å². The Morgan fingerprint density at radius 1 is 1.25 bits per heavy atom. The van der Waals surface area contributed by atoms with Gasteiger partial charge in [-0.3, -0.25) is 0 Å². The minimum atomic E-state index is -0.493. The molecule has 0 aromatic heterocycles. The summed E-state index contributed by atoms with van der Waals surface area (Å²) < 4.78 is 0. The predicted molar refractivity (Wildman–Crippen MR) is 64.9 cm³/mol. The van der Waals surface area contributed by atoms with Crippen LogP contribution in [0.3, 0.4) is 0 Å². The number of aliphatic hydroxyl groups is 1. The van der Waals surface area contributed by atoms with Crippen LogP contribution in [0.1, 0.15) is 56.3 Å². The van der Waals surface area contributed by atoms with Crippen LogP contribution < -0.4 is 0 Å². The molecule has 0 fully saturated rings. The summed E-state index contributed by atoms with van der Waals surface area (Å²) in [6.45, 7) is 2.17. The Labute approximate surface area is 97.5 Å². The summed E-state index contributed by atoms with van der Waals surface area (Å²) in [6.07, 6.45) is 4.85. The Kier molecular flexibility index (Phi) is 5.60. The second-order valence-corrected chi connectivity index (χ2v) is 4.06. The third kappa shape index (κ3) is 3.67. The van der Waals surface area contributed by atoms with Gasteiger partial charge >= 0.3 is 0 Å². The molecule has 1 rings (SSSR count). The van der Waals surface area contributed by atoms with E-state index in [0.717, 1.165) is 24.8 Å². The summed E-state index contributed by atoms with van der Waals surface area (Å²) in [5, 5.41) is 18.9. The molecule has 86 valence electrons. The highest BCUT2D eigenvalue weighted by atomic mass is 16.3. The zero-order valence-electron chi connectivity index (χ0n) is 9.82. The zero-order chi connectivity index (χ0) is 11.8. The van der Waals surface area contributed by atoms with Crippen molar-refractivity contribution in [1.82, 2.24) is 0 Å². The number of nitriles is 1. The van der Waals surface area contributed by atoms with E-state index in [9.17, 15) is 5.11 Å². The van der Waals surface area contributed by atoms with Gasteiger partial charge in [0.05, 0.1) is 17.7 Å². The van der Waals surface area contributed by atoms with Gasteiger partial charge < -0.3 is 5.11 Å². The molecule has 2 heteroatoms. The summed E-state index contributed by atoms with van der Waals surface area (Å²) in [4.78, 5) is 0. The number of rotatable bonds is 6. The first-order valence-corrected chi connectivity index (χ1v) is 5.96. The topological polar surface area (TPSA) is 44.0 Å². The lowest BCUT2D eigenvalue weighted by Gasteiger charge is -2.11. The molecule has 0 spiro atoms. The van der Waals surface area contributed by atoms with Crippen molar-refractivity contribution in [3.8, 4) is 6.07 Å². The molecule has 0 aliphatic heterocycles. The van der Waals surface area contributed by atoms with Crippen molar-refractivity contribution < 1.29 is 5.11 Å². The minimum absolute atomic E-state index is 0.493. The minimum Gasteiger partial charge on any atom is -0.388 e. The highest BCUT2D eigenvalue weighted by molar-refractivity contribution is 5.38. The molecule has 1 N–H and O–H groups in total. The molecule has 1 unspecified atom stereocenters. The third-order valence-corrected chi connectivity index (χ3v) is 2.77. The molecular formula is C14H19NO. The highest BCUT2D eigenvalue weighted by Gasteiger charge is 2.10. The highest BCUT2D eigenvalue weighted by Crippen LogP contribution is 2.22.